The lowest BCUT2D eigenvalue weighted by atomic mass is 9.84. The Kier molecular flexibility index (Phi) is 3.25. The summed E-state index contributed by atoms with van der Waals surface area (Å²) in [5.74, 6) is -0.393. The Balaban J connectivity index is 1.45. The Morgan fingerprint density at radius 2 is 2.00 bits per heavy atom. The normalized spacial score (nSPS) is 26.6. The van der Waals surface area contributed by atoms with Gasteiger partial charge >= 0.3 is 5.97 Å². The van der Waals surface area contributed by atoms with Crippen LogP contribution < -0.4 is 0 Å². The van der Waals surface area contributed by atoms with Gasteiger partial charge in [0.25, 0.3) is 0 Å². The molecule has 6 heteroatoms. The molecule has 0 radical (unpaired) electrons. The number of hydrogen-bond donors (Lipinski definition) is 0. The van der Waals surface area contributed by atoms with E-state index in [4.69, 9.17) is 4.74 Å². The van der Waals surface area contributed by atoms with Crippen LogP contribution in [0.15, 0.2) is 6.07 Å². The van der Waals surface area contributed by atoms with Crippen LogP contribution in [0.4, 0.5) is 0 Å². The van der Waals surface area contributed by atoms with Gasteiger partial charge in [0.1, 0.15) is 5.60 Å². The van der Waals surface area contributed by atoms with Crippen molar-refractivity contribution in [2.75, 3.05) is 13.1 Å². The van der Waals surface area contributed by atoms with E-state index in [9.17, 15) is 9.59 Å². The van der Waals surface area contributed by atoms with E-state index >= 15 is 0 Å². The fraction of sp³-hybridized carbons (Fsp3) is 0.706. The van der Waals surface area contributed by atoms with Gasteiger partial charge in [0.2, 0.25) is 5.91 Å². The third-order valence-electron chi connectivity index (χ3n) is 5.64. The Hall–Kier alpha value is -1.85. The monoisotopic (exact) mass is 317 g/mol. The highest BCUT2D eigenvalue weighted by molar-refractivity contribution is 5.88. The molecule has 23 heavy (non-hydrogen) atoms. The minimum Gasteiger partial charge on any atom is -0.458 e. The van der Waals surface area contributed by atoms with Crippen LogP contribution in [0.2, 0.25) is 0 Å². The van der Waals surface area contributed by atoms with Gasteiger partial charge in [-0.05, 0) is 45.6 Å². The van der Waals surface area contributed by atoms with Crippen molar-refractivity contribution in [1.82, 2.24) is 14.7 Å². The first-order valence-corrected chi connectivity index (χ1v) is 8.52. The summed E-state index contributed by atoms with van der Waals surface area (Å²) in [5, 5.41) is 4.51. The number of aromatic nitrogens is 2. The quantitative estimate of drug-likeness (QED) is 0.780. The molecule has 1 spiro atoms. The van der Waals surface area contributed by atoms with Gasteiger partial charge < -0.3 is 9.64 Å². The number of ether oxygens (including phenoxy) is 1. The average molecular weight is 317 g/mol. The van der Waals surface area contributed by atoms with Gasteiger partial charge in [-0.25, -0.2) is 0 Å². The van der Waals surface area contributed by atoms with Gasteiger partial charge in [0, 0.05) is 18.8 Å². The van der Waals surface area contributed by atoms with Gasteiger partial charge in [-0.1, -0.05) is 0 Å². The number of likely N-dealkylation sites (tertiary alicyclic amines) is 1. The van der Waals surface area contributed by atoms with Crippen molar-refractivity contribution < 1.29 is 14.3 Å². The molecule has 124 valence electrons. The maximum absolute atomic E-state index is 12.9. The van der Waals surface area contributed by atoms with Crippen molar-refractivity contribution in [1.29, 1.82) is 0 Å². The number of hydrogen-bond acceptors (Lipinski definition) is 4. The van der Waals surface area contributed by atoms with E-state index in [1.807, 2.05) is 23.4 Å². The van der Waals surface area contributed by atoms with Crippen molar-refractivity contribution in [3.8, 4) is 0 Å². The summed E-state index contributed by atoms with van der Waals surface area (Å²) in [6.07, 6.45) is 4.02. The zero-order valence-corrected chi connectivity index (χ0v) is 13.7. The topological polar surface area (TPSA) is 64.4 Å². The molecule has 2 saturated heterocycles. The number of rotatable bonds is 2. The van der Waals surface area contributed by atoms with Crippen LogP contribution in [0.1, 0.15) is 49.5 Å². The summed E-state index contributed by atoms with van der Waals surface area (Å²) >= 11 is 0. The SMILES string of the molecule is Cc1cc(C)n(C2CN(C(=O)C3CC(=O)OC34CCCC4)C2)n1. The van der Waals surface area contributed by atoms with Crippen LogP contribution in [-0.4, -0.2) is 45.2 Å². The number of amides is 1. The molecule has 1 unspecified atom stereocenters. The van der Waals surface area contributed by atoms with Crippen molar-refractivity contribution in [3.63, 3.8) is 0 Å². The van der Waals surface area contributed by atoms with E-state index in [1.54, 1.807) is 0 Å². The van der Waals surface area contributed by atoms with Crippen LogP contribution in [0, 0.1) is 19.8 Å². The number of carbonyl (C=O) groups excluding carboxylic acids is 2. The summed E-state index contributed by atoms with van der Waals surface area (Å²) in [6, 6.07) is 2.31. The van der Waals surface area contributed by atoms with Crippen LogP contribution >= 0.6 is 0 Å². The Bertz CT molecular complexity index is 654. The second-order valence-corrected chi connectivity index (χ2v) is 7.27. The molecule has 3 fully saturated rings. The molecule has 0 N–H and O–H groups in total. The van der Waals surface area contributed by atoms with E-state index in [0.29, 0.717) is 13.1 Å². The molecule has 1 aromatic rings. The van der Waals surface area contributed by atoms with Gasteiger partial charge in [-0.2, -0.15) is 5.10 Å². The Labute approximate surface area is 135 Å². The highest BCUT2D eigenvalue weighted by Crippen LogP contribution is 2.46. The lowest BCUT2D eigenvalue weighted by Crippen LogP contribution is -2.55. The van der Waals surface area contributed by atoms with E-state index in [0.717, 1.165) is 37.1 Å². The highest BCUT2D eigenvalue weighted by Gasteiger charge is 2.55. The first kappa shape index (κ1) is 14.7. The fourth-order valence-corrected chi connectivity index (χ4v) is 4.45. The Morgan fingerprint density at radius 3 is 2.61 bits per heavy atom. The summed E-state index contributed by atoms with van der Waals surface area (Å²) in [7, 11) is 0. The minimum absolute atomic E-state index is 0.0931. The minimum atomic E-state index is -0.503. The molecular weight excluding hydrogens is 294 g/mol. The molecule has 1 aliphatic carbocycles. The zero-order chi connectivity index (χ0) is 16.2. The van der Waals surface area contributed by atoms with Crippen LogP contribution in [0.5, 0.6) is 0 Å². The molecule has 1 amide bonds. The maximum atomic E-state index is 12.9. The number of carbonyl (C=O) groups is 2. The predicted octanol–water partition coefficient (Wildman–Crippen LogP) is 1.76. The number of esters is 1. The molecule has 1 atom stereocenters. The summed E-state index contributed by atoms with van der Waals surface area (Å²) < 4.78 is 7.61. The van der Waals surface area contributed by atoms with E-state index in [1.165, 1.54) is 0 Å². The number of aryl methyl sites for hydroxylation is 2. The zero-order valence-electron chi connectivity index (χ0n) is 13.7. The fourth-order valence-electron chi connectivity index (χ4n) is 4.45. The number of nitrogens with zero attached hydrogens (tertiary/aromatic N) is 3. The standard InChI is InChI=1S/C17H23N3O3/c1-11-7-12(2)20(18-11)13-9-19(10-13)16(22)14-8-15(21)23-17(14)5-3-4-6-17/h7,13-14H,3-6,8-10H2,1-2H3. The van der Waals surface area contributed by atoms with Crippen molar-refractivity contribution in [3.05, 3.63) is 17.5 Å². The predicted molar refractivity (Wildman–Crippen MR) is 82.7 cm³/mol. The van der Waals surface area contributed by atoms with Gasteiger partial charge in [-0.15, -0.1) is 0 Å². The van der Waals surface area contributed by atoms with Crippen molar-refractivity contribution >= 4 is 11.9 Å². The molecule has 3 aliphatic rings. The van der Waals surface area contributed by atoms with Crippen LogP contribution in [0.25, 0.3) is 0 Å². The third kappa shape index (κ3) is 2.26. The van der Waals surface area contributed by atoms with E-state index in [2.05, 4.69) is 11.2 Å². The first-order valence-electron chi connectivity index (χ1n) is 8.52. The smallest absolute Gasteiger partial charge is 0.307 e. The third-order valence-corrected chi connectivity index (χ3v) is 5.64. The molecule has 1 aromatic heterocycles. The summed E-state index contributed by atoms with van der Waals surface area (Å²) in [4.78, 5) is 26.5. The van der Waals surface area contributed by atoms with Crippen molar-refractivity contribution in [2.45, 2.75) is 57.6 Å². The van der Waals surface area contributed by atoms with Gasteiger partial charge in [0.05, 0.1) is 24.1 Å². The molecule has 1 saturated carbocycles. The molecule has 0 aromatic carbocycles. The molecule has 3 heterocycles. The molecule has 0 bridgehead atoms. The second-order valence-electron chi connectivity index (χ2n) is 7.27. The summed E-state index contributed by atoms with van der Waals surface area (Å²) in [6.45, 7) is 5.39. The second kappa shape index (κ2) is 5.08. The van der Waals surface area contributed by atoms with Crippen LogP contribution in [0.3, 0.4) is 0 Å². The first-order chi connectivity index (χ1) is 11.0. The molecular formula is C17H23N3O3. The average Bonchev–Trinajstić information content (AvgIpc) is 3.11. The lowest BCUT2D eigenvalue weighted by molar-refractivity contribution is -0.153. The van der Waals surface area contributed by atoms with Crippen molar-refractivity contribution in [2.24, 2.45) is 5.92 Å². The highest BCUT2D eigenvalue weighted by atomic mass is 16.6. The molecule has 2 aliphatic heterocycles. The Morgan fingerprint density at radius 1 is 1.30 bits per heavy atom. The van der Waals surface area contributed by atoms with Gasteiger partial charge in [0.15, 0.2) is 0 Å². The lowest BCUT2D eigenvalue weighted by Gasteiger charge is -2.42. The largest absolute Gasteiger partial charge is 0.458 e. The maximum Gasteiger partial charge on any atom is 0.307 e. The molecule has 6 nitrogen and oxygen atoms in total. The van der Waals surface area contributed by atoms with E-state index in [-0.39, 0.29) is 30.3 Å². The summed E-state index contributed by atoms with van der Waals surface area (Å²) in [5.41, 5.74) is 1.63. The van der Waals surface area contributed by atoms with Crippen LogP contribution in [-0.2, 0) is 14.3 Å². The molecule has 4 rings (SSSR count). The van der Waals surface area contributed by atoms with Gasteiger partial charge in [-0.3, -0.25) is 14.3 Å². The van der Waals surface area contributed by atoms with E-state index < -0.39 is 5.60 Å².